The number of hydrogen-bond acceptors (Lipinski definition) is 3. The first-order valence-corrected chi connectivity index (χ1v) is 6.36. The summed E-state index contributed by atoms with van der Waals surface area (Å²) < 4.78 is 5.34. The molecule has 0 spiro atoms. The zero-order valence-corrected chi connectivity index (χ0v) is 11.0. The van der Waals surface area contributed by atoms with Crippen molar-refractivity contribution in [2.45, 2.75) is 32.8 Å². The number of benzene rings is 1. The van der Waals surface area contributed by atoms with Gasteiger partial charge in [0.25, 0.3) is 5.91 Å². The highest BCUT2D eigenvalue weighted by Gasteiger charge is 2.07. The molecule has 1 unspecified atom stereocenters. The van der Waals surface area contributed by atoms with Crippen molar-refractivity contribution in [2.24, 2.45) is 0 Å². The lowest BCUT2D eigenvalue weighted by Crippen LogP contribution is -2.27. The molecule has 18 heavy (non-hydrogen) atoms. The Kier molecular flexibility index (Phi) is 6.22. The second-order valence-electron chi connectivity index (χ2n) is 4.07. The topological polar surface area (TPSA) is 58.6 Å². The maximum absolute atomic E-state index is 11.8. The minimum atomic E-state index is -0.347. The van der Waals surface area contributed by atoms with Crippen LogP contribution in [0.15, 0.2) is 24.3 Å². The number of rotatable bonds is 7. The lowest BCUT2D eigenvalue weighted by Gasteiger charge is -2.09. The van der Waals surface area contributed by atoms with Gasteiger partial charge in [-0.3, -0.25) is 4.79 Å². The summed E-state index contributed by atoms with van der Waals surface area (Å²) >= 11 is 0. The normalized spacial score (nSPS) is 11.9. The van der Waals surface area contributed by atoms with E-state index in [4.69, 9.17) is 4.74 Å². The summed E-state index contributed by atoms with van der Waals surface area (Å²) in [5.74, 6) is 0.554. The van der Waals surface area contributed by atoms with E-state index < -0.39 is 0 Å². The molecular weight excluding hydrogens is 230 g/mol. The van der Waals surface area contributed by atoms with Gasteiger partial charge in [-0.05, 0) is 38.0 Å². The van der Waals surface area contributed by atoms with Crippen molar-refractivity contribution in [1.29, 1.82) is 0 Å². The minimum absolute atomic E-state index is 0.139. The fourth-order valence-corrected chi connectivity index (χ4v) is 1.55. The maximum Gasteiger partial charge on any atom is 0.251 e. The lowest BCUT2D eigenvalue weighted by atomic mass is 10.2. The van der Waals surface area contributed by atoms with E-state index in [1.807, 2.05) is 19.9 Å². The zero-order chi connectivity index (χ0) is 13.4. The summed E-state index contributed by atoms with van der Waals surface area (Å²) in [6, 6.07) is 7.07. The van der Waals surface area contributed by atoms with Gasteiger partial charge >= 0.3 is 0 Å². The molecule has 0 saturated carbocycles. The Hall–Kier alpha value is -1.55. The highest BCUT2D eigenvalue weighted by Crippen LogP contribution is 2.13. The van der Waals surface area contributed by atoms with Crippen LogP contribution in [0.4, 0.5) is 0 Å². The Bertz CT molecular complexity index is 379. The van der Waals surface area contributed by atoms with Gasteiger partial charge in [0.2, 0.25) is 0 Å². The van der Waals surface area contributed by atoms with Crippen molar-refractivity contribution >= 4 is 5.91 Å². The monoisotopic (exact) mass is 251 g/mol. The number of hydrogen-bond donors (Lipinski definition) is 2. The van der Waals surface area contributed by atoms with Crippen LogP contribution >= 0.6 is 0 Å². The summed E-state index contributed by atoms with van der Waals surface area (Å²) in [6.45, 7) is 4.87. The standard InChI is InChI=1S/C14H21NO3/c1-3-12(16)8-9-15-14(17)11-6-5-7-13(10-11)18-4-2/h5-7,10,12,16H,3-4,8-9H2,1-2H3,(H,15,17). The van der Waals surface area contributed by atoms with Crippen LogP contribution in [0.25, 0.3) is 0 Å². The van der Waals surface area contributed by atoms with Crippen molar-refractivity contribution in [3.05, 3.63) is 29.8 Å². The highest BCUT2D eigenvalue weighted by atomic mass is 16.5. The molecule has 100 valence electrons. The molecule has 2 N–H and O–H groups in total. The van der Waals surface area contributed by atoms with Gasteiger partial charge in [0.1, 0.15) is 5.75 Å². The number of amides is 1. The van der Waals surface area contributed by atoms with E-state index in [-0.39, 0.29) is 12.0 Å². The molecule has 0 saturated heterocycles. The first-order chi connectivity index (χ1) is 8.67. The number of nitrogens with one attached hydrogen (secondary N) is 1. The molecular formula is C14H21NO3. The molecule has 0 aliphatic heterocycles. The summed E-state index contributed by atoms with van der Waals surface area (Å²) in [7, 11) is 0. The summed E-state index contributed by atoms with van der Waals surface area (Å²) in [5, 5.41) is 12.2. The summed E-state index contributed by atoms with van der Waals surface area (Å²) in [4.78, 5) is 11.8. The molecule has 0 heterocycles. The van der Waals surface area contributed by atoms with E-state index >= 15 is 0 Å². The quantitative estimate of drug-likeness (QED) is 0.779. The van der Waals surface area contributed by atoms with Gasteiger partial charge in [0, 0.05) is 12.1 Å². The Labute approximate surface area is 108 Å². The van der Waals surface area contributed by atoms with E-state index in [0.29, 0.717) is 37.3 Å². The third kappa shape index (κ3) is 4.75. The van der Waals surface area contributed by atoms with E-state index in [1.165, 1.54) is 0 Å². The van der Waals surface area contributed by atoms with Gasteiger partial charge in [0.05, 0.1) is 12.7 Å². The molecule has 1 aromatic carbocycles. The predicted octanol–water partition coefficient (Wildman–Crippen LogP) is 1.98. The number of carbonyl (C=O) groups is 1. The molecule has 1 amide bonds. The number of aliphatic hydroxyl groups is 1. The summed E-state index contributed by atoms with van der Waals surface area (Å²) in [5.41, 5.74) is 0.576. The molecule has 4 heteroatoms. The van der Waals surface area contributed by atoms with Gasteiger partial charge in [-0.25, -0.2) is 0 Å². The van der Waals surface area contributed by atoms with Gasteiger partial charge < -0.3 is 15.2 Å². The van der Waals surface area contributed by atoms with Gasteiger partial charge in [-0.1, -0.05) is 13.0 Å². The van der Waals surface area contributed by atoms with Gasteiger partial charge in [0.15, 0.2) is 0 Å². The predicted molar refractivity (Wildman–Crippen MR) is 70.9 cm³/mol. The van der Waals surface area contributed by atoms with E-state index in [1.54, 1.807) is 18.2 Å². The van der Waals surface area contributed by atoms with Gasteiger partial charge in [-0.15, -0.1) is 0 Å². The average molecular weight is 251 g/mol. The smallest absolute Gasteiger partial charge is 0.251 e. The Morgan fingerprint density at radius 3 is 2.89 bits per heavy atom. The maximum atomic E-state index is 11.8. The Morgan fingerprint density at radius 1 is 1.44 bits per heavy atom. The van der Waals surface area contributed by atoms with Crippen LogP contribution in [-0.2, 0) is 0 Å². The summed E-state index contributed by atoms with van der Waals surface area (Å²) in [6.07, 6.45) is 0.934. The van der Waals surface area contributed by atoms with Crippen LogP contribution in [0.1, 0.15) is 37.0 Å². The largest absolute Gasteiger partial charge is 0.494 e. The molecule has 0 aliphatic carbocycles. The second kappa shape index (κ2) is 7.71. The molecule has 0 bridgehead atoms. The third-order valence-corrected chi connectivity index (χ3v) is 2.64. The zero-order valence-electron chi connectivity index (χ0n) is 11.0. The molecule has 0 aromatic heterocycles. The van der Waals surface area contributed by atoms with Crippen LogP contribution in [0.3, 0.4) is 0 Å². The SMILES string of the molecule is CCOc1cccc(C(=O)NCCC(O)CC)c1. The van der Waals surface area contributed by atoms with Crippen molar-refractivity contribution in [2.75, 3.05) is 13.2 Å². The molecule has 0 radical (unpaired) electrons. The molecule has 4 nitrogen and oxygen atoms in total. The van der Waals surface area contributed by atoms with Crippen LogP contribution in [0.2, 0.25) is 0 Å². The molecule has 1 atom stereocenters. The van der Waals surface area contributed by atoms with Crippen molar-refractivity contribution in [3.63, 3.8) is 0 Å². The fraction of sp³-hybridized carbons (Fsp3) is 0.500. The minimum Gasteiger partial charge on any atom is -0.494 e. The van der Waals surface area contributed by atoms with Crippen molar-refractivity contribution in [1.82, 2.24) is 5.32 Å². The number of ether oxygens (including phenoxy) is 1. The van der Waals surface area contributed by atoms with E-state index in [2.05, 4.69) is 5.32 Å². The Morgan fingerprint density at radius 2 is 2.22 bits per heavy atom. The van der Waals surface area contributed by atoms with Crippen molar-refractivity contribution < 1.29 is 14.6 Å². The molecule has 0 fully saturated rings. The first kappa shape index (κ1) is 14.5. The lowest BCUT2D eigenvalue weighted by molar-refractivity contribution is 0.0941. The fourth-order valence-electron chi connectivity index (χ4n) is 1.55. The van der Waals surface area contributed by atoms with Crippen LogP contribution in [0.5, 0.6) is 5.75 Å². The number of aliphatic hydroxyl groups excluding tert-OH is 1. The van der Waals surface area contributed by atoms with Crippen molar-refractivity contribution in [3.8, 4) is 5.75 Å². The van der Waals surface area contributed by atoms with E-state index in [0.717, 1.165) is 0 Å². The van der Waals surface area contributed by atoms with Gasteiger partial charge in [-0.2, -0.15) is 0 Å². The third-order valence-electron chi connectivity index (χ3n) is 2.64. The van der Waals surface area contributed by atoms with Crippen LogP contribution < -0.4 is 10.1 Å². The molecule has 1 rings (SSSR count). The highest BCUT2D eigenvalue weighted by molar-refractivity contribution is 5.94. The Balaban J connectivity index is 2.48. The second-order valence-corrected chi connectivity index (χ2v) is 4.07. The average Bonchev–Trinajstić information content (AvgIpc) is 2.39. The molecule has 1 aromatic rings. The van der Waals surface area contributed by atoms with Crippen LogP contribution in [-0.4, -0.2) is 30.3 Å². The van der Waals surface area contributed by atoms with E-state index in [9.17, 15) is 9.90 Å². The molecule has 0 aliphatic rings. The van der Waals surface area contributed by atoms with Crippen LogP contribution in [0, 0.1) is 0 Å². The number of carbonyl (C=O) groups excluding carboxylic acids is 1. The first-order valence-electron chi connectivity index (χ1n) is 6.36.